The molecule has 3 aromatic carbocycles. The van der Waals surface area contributed by atoms with Crippen molar-refractivity contribution in [3.8, 4) is 0 Å². The normalized spacial score (nSPS) is 18.6. The molecule has 8 heteroatoms. The van der Waals surface area contributed by atoms with Gasteiger partial charge in [-0.3, -0.25) is 0 Å². The topological polar surface area (TPSA) is 32.3 Å². The van der Waals surface area contributed by atoms with Gasteiger partial charge in [-0.25, -0.2) is 0 Å². The summed E-state index contributed by atoms with van der Waals surface area (Å²) in [4.78, 5) is 0. The van der Waals surface area contributed by atoms with E-state index < -0.39 is 17.8 Å². The maximum Gasteiger partial charge on any atom is 0.416 e. The molecule has 2 unspecified atom stereocenters. The standard InChI is InChI=1S/C21H18Cl2F3NO.ClH/c22-12-8-15-14-7-11(21(24,25)26)4-5-13(14)17(10-16(15)18(23)9-12)20(28)19-3-1-2-6-27-19;/h4-5,7-10,19-20,27-28H,1-3,6H2;1H. The number of piperidine rings is 1. The van der Waals surface area contributed by atoms with E-state index in [4.69, 9.17) is 23.2 Å². The summed E-state index contributed by atoms with van der Waals surface area (Å²) >= 11 is 12.5. The van der Waals surface area contributed by atoms with E-state index >= 15 is 0 Å². The van der Waals surface area contributed by atoms with Crippen LogP contribution in [0.1, 0.15) is 36.5 Å². The van der Waals surface area contributed by atoms with E-state index in [1.54, 1.807) is 18.2 Å². The first-order chi connectivity index (χ1) is 13.3. The summed E-state index contributed by atoms with van der Waals surface area (Å²) in [5.74, 6) is 0. The van der Waals surface area contributed by atoms with Crippen LogP contribution in [0.25, 0.3) is 21.5 Å². The maximum absolute atomic E-state index is 13.3. The Hall–Kier alpha value is -1.24. The number of aliphatic hydroxyl groups is 1. The number of aliphatic hydroxyl groups excluding tert-OH is 1. The average molecular weight is 465 g/mol. The van der Waals surface area contributed by atoms with Gasteiger partial charge in [0.2, 0.25) is 0 Å². The zero-order chi connectivity index (χ0) is 20.1. The van der Waals surface area contributed by atoms with Crippen LogP contribution >= 0.6 is 35.6 Å². The molecule has 4 rings (SSSR count). The molecule has 2 nitrogen and oxygen atoms in total. The van der Waals surface area contributed by atoms with Crippen LogP contribution in [0.4, 0.5) is 13.2 Å². The fourth-order valence-corrected chi connectivity index (χ4v) is 4.54. The van der Waals surface area contributed by atoms with Gasteiger partial charge in [-0.05, 0) is 71.4 Å². The van der Waals surface area contributed by atoms with Gasteiger partial charge in [-0.2, -0.15) is 13.2 Å². The van der Waals surface area contributed by atoms with Crippen molar-refractivity contribution in [1.82, 2.24) is 5.32 Å². The number of alkyl halides is 3. The lowest BCUT2D eigenvalue weighted by molar-refractivity contribution is -0.137. The SMILES string of the molecule is Cl.OC(c1cc2c(Cl)cc(Cl)cc2c2cc(C(F)(F)F)ccc12)C1CCCCN1. The van der Waals surface area contributed by atoms with Gasteiger partial charge in [0.15, 0.2) is 0 Å². The van der Waals surface area contributed by atoms with E-state index in [0.717, 1.165) is 37.9 Å². The highest BCUT2D eigenvalue weighted by molar-refractivity contribution is 6.39. The zero-order valence-corrected chi connectivity index (χ0v) is 17.5. The fraction of sp³-hybridized carbons (Fsp3) is 0.333. The van der Waals surface area contributed by atoms with E-state index in [9.17, 15) is 18.3 Å². The van der Waals surface area contributed by atoms with Gasteiger partial charge in [-0.15, -0.1) is 12.4 Å². The molecular weight excluding hydrogens is 446 g/mol. The maximum atomic E-state index is 13.3. The molecule has 1 fully saturated rings. The first-order valence-electron chi connectivity index (χ1n) is 9.10. The van der Waals surface area contributed by atoms with Crippen molar-refractivity contribution in [3.05, 3.63) is 57.6 Å². The lowest BCUT2D eigenvalue weighted by Crippen LogP contribution is -2.38. The Morgan fingerprint density at radius 3 is 2.34 bits per heavy atom. The number of nitrogens with one attached hydrogen (secondary N) is 1. The molecule has 1 aliphatic heterocycles. The molecule has 1 aliphatic rings. The van der Waals surface area contributed by atoms with Crippen molar-refractivity contribution in [2.24, 2.45) is 0 Å². The van der Waals surface area contributed by atoms with Crippen molar-refractivity contribution in [3.63, 3.8) is 0 Å². The Bertz CT molecular complexity index is 1050. The average Bonchev–Trinajstić information content (AvgIpc) is 2.66. The van der Waals surface area contributed by atoms with Crippen LogP contribution in [-0.4, -0.2) is 17.7 Å². The predicted molar refractivity (Wildman–Crippen MR) is 114 cm³/mol. The summed E-state index contributed by atoms with van der Waals surface area (Å²) in [7, 11) is 0. The number of rotatable bonds is 2. The number of fused-ring (bicyclic) bond motifs is 3. The highest BCUT2D eigenvalue weighted by atomic mass is 35.5. The van der Waals surface area contributed by atoms with Gasteiger partial charge in [0.05, 0.1) is 11.7 Å². The number of benzene rings is 3. The highest BCUT2D eigenvalue weighted by Gasteiger charge is 2.31. The Labute approximate surface area is 182 Å². The third-order valence-corrected chi connectivity index (χ3v) is 5.92. The van der Waals surface area contributed by atoms with Gasteiger partial charge in [-0.1, -0.05) is 35.7 Å². The molecule has 0 radical (unpaired) electrons. The molecule has 0 spiro atoms. The Balaban J connectivity index is 0.00000240. The summed E-state index contributed by atoms with van der Waals surface area (Å²) in [5, 5.41) is 17.1. The van der Waals surface area contributed by atoms with Gasteiger partial charge in [0, 0.05) is 21.5 Å². The number of hydrogen-bond acceptors (Lipinski definition) is 2. The van der Waals surface area contributed by atoms with E-state index in [2.05, 4.69) is 5.32 Å². The first kappa shape index (κ1) is 22.4. The molecule has 2 N–H and O–H groups in total. The second kappa shape index (κ2) is 8.48. The quantitative estimate of drug-likeness (QED) is 0.404. The van der Waals surface area contributed by atoms with Crippen LogP contribution in [-0.2, 0) is 6.18 Å². The fourth-order valence-electron chi connectivity index (χ4n) is 3.99. The van der Waals surface area contributed by atoms with Crippen molar-refractivity contribution in [1.29, 1.82) is 0 Å². The lowest BCUT2D eigenvalue weighted by atomic mass is 9.88. The molecule has 0 saturated carbocycles. The minimum Gasteiger partial charge on any atom is -0.387 e. The monoisotopic (exact) mass is 463 g/mol. The Morgan fingerprint density at radius 1 is 0.966 bits per heavy atom. The Kier molecular flexibility index (Phi) is 6.56. The molecule has 3 aromatic rings. The van der Waals surface area contributed by atoms with Crippen LogP contribution in [0.5, 0.6) is 0 Å². The van der Waals surface area contributed by atoms with Crippen molar-refractivity contribution >= 4 is 57.2 Å². The minimum atomic E-state index is -4.47. The van der Waals surface area contributed by atoms with Gasteiger partial charge in [0.1, 0.15) is 0 Å². The third kappa shape index (κ3) is 4.30. The molecule has 2 atom stereocenters. The van der Waals surface area contributed by atoms with E-state index in [1.807, 2.05) is 0 Å². The second-order valence-corrected chi connectivity index (χ2v) is 8.05. The Morgan fingerprint density at radius 2 is 1.69 bits per heavy atom. The smallest absolute Gasteiger partial charge is 0.387 e. The van der Waals surface area contributed by atoms with E-state index in [1.165, 1.54) is 6.07 Å². The zero-order valence-electron chi connectivity index (χ0n) is 15.2. The van der Waals surface area contributed by atoms with Crippen LogP contribution in [0, 0.1) is 0 Å². The summed E-state index contributed by atoms with van der Waals surface area (Å²) in [5.41, 5.74) is -0.181. The number of halogens is 6. The minimum absolute atomic E-state index is 0. The summed E-state index contributed by atoms with van der Waals surface area (Å²) in [6.45, 7) is 0.807. The predicted octanol–water partition coefficient (Wildman–Crippen LogP) is 6.92. The molecule has 0 aromatic heterocycles. The van der Waals surface area contributed by atoms with E-state index in [0.29, 0.717) is 37.2 Å². The van der Waals surface area contributed by atoms with Crippen LogP contribution in [0.2, 0.25) is 10.0 Å². The van der Waals surface area contributed by atoms with Crippen molar-refractivity contribution < 1.29 is 18.3 Å². The molecule has 156 valence electrons. The summed E-state index contributed by atoms with van der Waals surface area (Å²) in [6, 6.07) is 8.36. The van der Waals surface area contributed by atoms with Crippen molar-refractivity contribution in [2.75, 3.05) is 6.54 Å². The van der Waals surface area contributed by atoms with E-state index in [-0.39, 0.29) is 18.4 Å². The van der Waals surface area contributed by atoms with Crippen LogP contribution in [0.15, 0.2) is 36.4 Å². The second-order valence-electron chi connectivity index (χ2n) is 7.21. The van der Waals surface area contributed by atoms with Crippen LogP contribution in [0.3, 0.4) is 0 Å². The van der Waals surface area contributed by atoms with Gasteiger partial charge >= 0.3 is 6.18 Å². The van der Waals surface area contributed by atoms with Gasteiger partial charge < -0.3 is 10.4 Å². The largest absolute Gasteiger partial charge is 0.416 e. The molecule has 1 heterocycles. The highest BCUT2D eigenvalue weighted by Crippen LogP contribution is 2.41. The molecule has 0 aliphatic carbocycles. The molecule has 0 bridgehead atoms. The molecule has 29 heavy (non-hydrogen) atoms. The summed E-state index contributed by atoms with van der Waals surface area (Å²) < 4.78 is 39.9. The molecular formula is C21H19Cl3F3NO. The lowest BCUT2D eigenvalue weighted by Gasteiger charge is -2.29. The summed E-state index contributed by atoms with van der Waals surface area (Å²) in [6.07, 6.45) is -2.48. The molecule has 0 amide bonds. The third-order valence-electron chi connectivity index (χ3n) is 5.39. The van der Waals surface area contributed by atoms with Crippen molar-refractivity contribution in [2.45, 2.75) is 37.6 Å². The van der Waals surface area contributed by atoms with Crippen LogP contribution < -0.4 is 5.32 Å². The number of hydrogen-bond donors (Lipinski definition) is 2. The molecule has 1 saturated heterocycles. The van der Waals surface area contributed by atoms with Gasteiger partial charge in [0.25, 0.3) is 0 Å². The first-order valence-corrected chi connectivity index (χ1v) is 9.85.